The molecule has 3 nitrogen and oxygen atoms in total. The summed E-state index contributed by atoms with van der Waals surface area (Å²) in [6.45, 7) is 2.28. The van der Waals surface area contributed by atoms with Crippen molar-refractivity contribution in [1.29, 1.82) is 0 Å². The summed E-state index contributed by atoms with van der Waals surface area (Å²) in [5, 5.41) is 5.01. The number of benzene rings is 1. The summed E-state index contributed by atoms with van der Waals surface area (Å²) in [5.74, 6) is 0. The van der Waals surface area contributed by atoms with Crippen LogP contribution in [-0.4, -0.2) is 23.0 Å². The van der Waals surface area contributed by atoms with Crippen LogP contribution in [0.25, 0.3) is 0 Å². The molecule has 0 spiro atoms. The molecule has 140 valence electrons. The number of carbonyl (C=O) groups is 1. The standard InChI is InChI=1S/C19H21F3N2OS/c1-13(11-17-3-2-10-26-17)23-18(25)24(16-8-9-16)12-14-4-6-15(7-5-14)19(20,21)22/h2-7,10,13,16H,8-9,11-12H2,1H3,(H,23,25). The minimum absolute atomic E-state index is 0.00462. The Kier molecular flexibility index (Phi) is 5.55. The Morgan fingerprint density at radius 3 is 2.50 bits per heavy atom. The molecule has 1 heterocycles. The molecule has 1 aromatic heterocycles. The van der Waals surface area contributed by atoms with Crippen molar-refractivity contribution < 1.29 is 18.0 Å². The quantitative estimate of drug-likeness (QED) is 0.743. The number of hydrogen-bond donors (Lipinski definition) is 1. The van der Waals surface area contributed by atoms with E-state index in [-0.39, 0.29) is 18.1 Å². The van der Waals surface area contributed by atoms with Gasteiger partial charge in [-0.2, -0.15) is 13.2 Å². The molecule has 3 rings (SSSR count). The van der Waals surface area contributed by atoms with Gasteiger partial charge in [-0.05, 0) is 48.9 Å². The molecule has 0 aliphatic heterocycles. The first kappa shape index (κ1) is 18.8. The van der Waals surface area contributed by atoms with Gasteiger partial charge in [0.2, 0.25) is 0 Å². The third-order valence-electron chi connectivity index (χ3n) is 4.34. The molecular formula is C19H21F3N2OS. The van der Waals surface area contributed by atoms with Gasteiger partial charge in [0, 0.05) is 29.9 Å². The summed E-state index contributed by atoms with van der Waals surface area (Å²) in [6.07, 6.45) is -1.70. The summed E-state index contributed by atoms with van der Waals surface area (Å²) < 4.78 is 38.0. The summed E-state index contributed by atoms with van der Waals surface area (Å²) >= 11 is 1.65. The Labute approximate surface area is 154 Å². The molecule has 1 aromatic carbocycles. The van der Waals surface area contributed by atoms with Gasteiger partial charge in [-0.3, -0.25) is 0 Å². The van der Waals surface area contributed by atoms with E-state index in [4.69, 9.17) is 0 Å². The molecule has 0 radical (unpaired) electrons. The number of nitrogens with one attached hydrogen (secondary N) is 1. The first-order valence-electron chi connectivity index (χ1n) is 8.58. The number of nitrogens with zero attached hydrogens (tertiary/aromatic N) is 1. The smallest absolute Gasteiger partial charge is 0.335 e. The number of alkyl halides is 3. The lowest BCUT2D eigenvalue weighted by Crippen LogP contribution is -2.45. The van der Waals surface area contributed by atoms with Crippen molar-refractivity contribution in [3.05, 3.63) is 57.8 Å². The van der Waals surface area contributed by atoms with E-state index in [2.05, 4.69) is 5.32 Å². The molecular weight excluding hydrogens is 361 g/mol. The van der Waals surface area contributed by atoms with Crippen LogP contribution in [0.5, 0.6) is 0 Å². The molecule has 1 fully saturated rings. The van der Waals surface area contributed by atoms with Crippen LogP contribution in [-0.2, 0) is 19.1 Å². The number of thiophene rings is 1. The largest absolute Gasteiger partial charge is 0.416 e. The lowest BCUT2D eigenvalue weighted by molar-refractivity contribution is -0.137. The third-order valence-corrected chi connectivity index (χ3v) is 5.24. The van der Waals surface area contributed by atoms with E-state index in [1.54, 1.807) is 16.2 Å². The maximum Gasteiger partial charge on any atom is 0.416 e. The van der Waals surface area contributed by atoms with Crippen LogP contribution in [0.3, 0.4) is 0 Å². The summed E-state index contributed by atoms with van der Waals surface area (Å²) in [4.78, 5) is 15.6. The average Bonchev–Trinajstić information content (AvgIpc) is 3.29. The summed E-state index contributed by atoms with van der Waals surface area (Å²) in [7, 11) is 0. The number of carbonyl (C=O) groups excluding carboxylic acids is 1. The highest BCUT2D eigenvalue weighted by molar-refractivity contribution is 7.09. The number of amides is 2. The van der Waals surface area contributed by atoms with E-state index in [9.17, 15) is 18.0 Å². The summed E-state index contributed by atoms with van der Waals surface area (Å²) in [5.41, 5.74) is 0.0270. The maximum absolute atomic E-state index is 12.7. The van der Waals surface area contributed by atoms with Gasteiger partial charge >= 0.3 is 12.2 Å². The first-order valence-corrected chi connectivity index (χ1v) is 9.46. The Bertz CT molecular complexity index is 724. The second kappa shape index (κ2) is 7.70. The fourth-order valence-electron chi connectivity index (χ4n) is 2.82. The molecule has 0 saturated heterocycles. The Balaban J connectivity index is 1.60. The molecule has 1 aliphatic rings. The minimum Gasteiger partial charge on any atom is -0.335 e. The molecule has 1 N–H and O–H groups in total. The fourth-order valence-corrected chi connectivity index (χ4v) is 3.66. The molecule has 1 unspecified atom stereocenters. The van der Waals surface area contributed by atoms with E-state index in [1.807, 2.05) is 24.4 Å². The van der Waals surface area contributed by atoms with Crippen molar-refractivity contribution in [2.24, 2.45) is 0 Å². The van der Waals surface area contributed by atoms with Crippen molar-refractivity contribution in [2.45, 2.75) is 51.0 Å². The minimum atomic E-state index is -4.34. The Morgan fingerprint density at radius 2 is 1.96 bits per heavy atom. The van der Waals surface area contributed by atoms with Gasteiger partial charge in [-0.1, -0.05) is 18.2 Å². The van der Waals surface area contributed by atoms with Crippen LogP contribution in [0.2, 0.25) is 0 Å². The van der Waals surface area contributed by atoms with Crippen molar-refractivity contribution in [3.63, 3.8) is 0 Å². The lowest BCUT2D eigenvalue weighted by atomic mass is 10.1. The lowest BCUT2D eigenvalue weighted by Gasteiger charge is -2.25. The van der Waals surface area contributed by atoms with Gasteiger partial charge in [0.1, 0.15) is 0 Å². The monoisotopic (exact) mass is 382 g/mol. The number of rotatable bonds is 6. The molecule has 0 bridgehead atoms. The van der Waals surface area contributed by atoms with Crippen molar-refractivity contribution >= 4 is 17.4 Å². The van der Waals surface area contributed by atoms with E-state index in [0.29, 0.717) is 12.1 Å². The molecule has 1 atom stereocenters. The fraction of sp³-hybridized carbons (Fsp3) is 0.421. The predicted molar refractivity (Wildman–Crippen MR) is 96.0 cm³/mol. The number of urea groups is 1. The van der Waals surface area contributed by atoms with E-state index < -0.39 is 11.7 Å². The van der Waals surface area contributed by atoms with Gasteiger partial charge in [0.25, 0.3) is 0 Å². The first-order chi connectivity index (χ1) is 12.3. The van der Waals surface area contributed by atoms with Gasteiger partial charge in [-0.15, -0.1) is 11.3 Å². The zero-order valence-corrected chi connectivity index (χ0v) is 15.2. The molecule has 1 aliphatic carbocycles. The van der Waals surface area contributed by atoms with Gasteiger partial charge < -0.3 is 10.2 Å². The van der Waals surface area contributed by atoms with Gasteiger partial charge in [0.15, 0.2) is 0 Å². The van der Waals surface area contributed by atoms with E-state index in [1.165, 1.54) is 17.0 Å². The van der Waals surface area contributed by atoms with Crippen LogP contribution in [0, 0.1) is 0 Å². The second-order valence-corrected chi connectivity index (χ2v) is 7.72. The van der Waals surface area contributed by atoms with Crippen molar-refractivity contribution in [3.8, 4) is 0 Å². The zero-order valence-electron chi connectivity index (χ0n) is 14.4. The topological polar surface area (TPSA) is 32.3 Å². The molecule has 26 heavy (non-hydrogen) atoms. The van der Waals surface area contributed by atoms with Crippen LogP contribution in [0.1, 0.15) is 35.8 Å². The molecule has 1 saturated carbocycles. The van der Waals surface area contributed by atoms with Crippen LogP contribution in [0.15, 0.2) is 41.8 Å². The predicted octanol–water partition coefficient (Wildman–Crippen LogP) is 5.07. The van der Waals surface area contributed by atoms with E-state index >= 15 is 0 Å². The highest BCUT2D eigenvalue weighted by Crippen LogP contribution is 2.31. The summed E-state index contributed by atoms with van der Waals surface area (Å²) in [6, 6.07) is 9.05. The highest BCUT2D eigenvalue weighted by Gasteiger charge is 2.34. The average molecular weight is 382 g/mol. The van der Waals surface area contributed by atoms with Crippen LogP contribution >= 0.6 is 11.3 Å². The van der Waals surface area contributed by atoms with Gasteiger partial charge in [-0.25, -0.2) is 4.79 Å². The molecule has 2 amide bonds. The van der Waals surface area contributed by atoms with Crippen molar-refractivity contribution in [1.82, 2.24) is 10.2 Å². The molecule has 7 heteroatoms. The maximum atomic E-state index is 12.7. The van der Waals surface area contributed by atoms with Crippen LogP contribution in [0.4, 0.5) is 18.0 Å². The van der Waals surface area contributed by atoms with Crippen molar-refractivity contribution in [2.75, 3.05) is 0 Å². The third kappa shape index (κ3) is 5.00. The zero-order chi connectivity index (χ0) is 18.7. The normalized spacial score (nSPS) is 15.5. The highest BCUT2D eigenvalue weighted by atomic mass is 32.1. The van der Waals surface area contributed by atoms with Crippen LogP contribution < -0.4 is 5.32 Å². The Hall–Kier alpha value is -2.02. The second-order valence-electron chi connectivity index (χ2n) is 6.69. The SMILES string of the molecule is CC(Cc1cccs1)NC(=O)N(Cc1ccc(C(F)(F)F)cc1)C1CC1. The number of hydrogen-bond acceptors (Lipinski definition) is 2. The number of halogens is 3. The van der Waals surface area contributed by atoms with E-state index in [0.717, 1.165) is 31.4 Å². The van der Waals surface area contributed by atoms with Gasteiger partial charge in [0.05, 0.1) is 5.56 Å². The molecule has 2 aromatic rings. The Morgan fingerprint density at radius 1 is 1.27 bits per heavy atom.